The van der Waals surface area contributed by atoms with E-state index in [2.05, 4.69) is 15.7 Å². The van der Waals surface area contributed by atoms with Crippen LogP contribution in [0.15, 0.2) is 24.3 Å². The molecule has 0 aliphatic rings. The summed E-state index contributed by atoms with van der Waals surface area (Å²) >= 11 is 0. The van der Waals surface area contributed by atoms with Crippen molar-refractivity contribution >= 4 is 11.6 Å². The van der Waals surface area contributed by atoms with Gasteiger partial charge in [0.2, 0.25) is 5.88 Å². The minimum absolute atomic E-state index is 0.0914. The van der Waals surface area contributed by atoms with Gasteiger partial charge in [0.15, 0.2) is 0 Å². The van der Waals surface area contributed by atoms with Crippen LogP contribution in [0, 0.1) is 6.92 Å². The number of methoxy groups -OCH3 is 1. The Kier molecular flexibility index (Phi) is 4.47. The summed E-state index contributed by atoms with van der Waals surface area (Å²) in [6.07, 6.45) is 0. The predicted octanol–water partition coefficient (Wildman–Crippen LogP) is 1.71. The summed E-state index contributed by atoms with van der Waals surface area (Å²) in [6, 6.07) is 7.33. The quantitative estimate of drug-likeness (QED) is 0.879. The SMILES string of the molecule is CNC(=O)c1ccc(NCc2c(C)nn(C)c2OC)cc1. The van der Waals surface area contributed by atoms with Crippen LogP contribution in [0.25, 0.3) is 0 Å². The van der Waals surface area contributed by atoms with Gasteiger partial charge in [-0.25, -0.2) is 4.68 Å². The van der Waals surface area contributed by atoms with Gasteiger partial charge in [-0.2, -0.15) is 5.10 Å². The minimum atomic E-state index is -0.0914. The zero-order chi connectivity index (χ0) is 15.4. The number of amides is 1. The van der Waals surface area contributed by atoms with Crippen LogP contribution >= 0.6 is 0 Å². The number of benzene rings is 1. The van der Waals surface area contributed by atoms with Gasteiger partial charge >= 0.3 is 0 Å². The van der Waals surface area contributed by atoms with Gasteiger partial charge in [-0.15, -0.1) is 0 Å². The number of nitrogens with one attached hydrogen (secondary N) is 2. The van der Waals surface area contributed by atoms with Gasteiger partial charge in [0.05, 0.1) is 18.4 Å². The molecule has 21 heavy (non-hydrogen) atoms. The topological polar surface area (TPSA) is 68.2 Å². The van der Waals surface area contributed by atoms with Gasteiger partial charge in [0.1, 0.15) is 0 Å². The number of nitrogens with zero attached hydrogens (tertiary/aromatic N) is 2. The van der Waals surface area contributed by atoms with E-state index in [1.807, 2.05) is 26.1 Å². The highest BCUT2D eigenvalue weighted by molar-refractivity contribution is 5.94. The molecule has 0 unspecified atom stereocenters. The first kappa shape index (κ1) is 14.9. The molecule has 0 aliphatic carbocycles. The first-order valence-corrected chi connectivity index (χ1v) is 6.69. The number of ether oxygens (including phenoxy) is 1. The molecule has 1 heterocycles. The van der Waals surface area contributed by atoms with Gasteiger partial charge in [0.25, 0.3) is 5.91 Å². The van der Waals surface area contributed by atoms with Crippen LogP contribution in [0.4, 0.5) is 5.69 Å². The molecule has 112 valence electrons. The third-order valence-corrected chi connectivity index (χ3v) is 3.33. The summed E-state index contributed by atoms with van der Waals surface area (Å²) in [4.78, 5) is 11.5. The third kappa shape index (κ3) is 3.16. The Balaban J connectivity index is 2.08. The number of carbonyl (C=O) groups is 1. The smallest absolute Gasteiger partial charge is 0.251 e. The molecule has 0 fully saturated rings. The Bertz CT molecular complexity index is 632. The highest BCUT2D eigenvalue weighted by atomic mass is 16.5. The van der Waals surface area contributed by atoms with Crippen molar-refractivity contribution in [3.05, 3.63) is 41.1 Å². The summed E-state index contributed by atoms with van der Waals surface area (Å²) in [5, 5.41) is 10.2. The van der Waals surface area contributed by atoms with Crippen molar-refractivity contribution in [2.75, 3.05) is 19.5 Å². The largest absolute Gasteiger partial charge is 0.481 e. The standard InChI is InChI=1S/C15H20N4O2/c1-10-13(15(21-4)19(3)18-10)9-17-12-7-5-11(6-8-12)14(20)16-2/h5-8,17H,9H2,1-4H3,(H,16,20). The molecule has 0 bridgehead atoms. The molecule has 6 heteroatoms. The fourth-order valence-electron chi connectivity index (χ4n) is 2.21. The zero-order valence-electron chi connectivity index (χ0n) is 12.7. The molecule has 0 atom stereocenters. The normalized spacial score (nSPS) is 10.3. The predicted molar refractivity (Wildman–Crippen MR) is 81.7 cm³/mol. The van der Waals surface area contributed by atoms with Crippen LogP contribution in [0.5, 0.6) is 5.88 Å². The van der Waals surface area contributed by atoms with E-state index in [4.69, 9.17) is 4.74 Å². The molecule has 0 saturated carbocycles. The fraction of sp³-hybridized carbons (Fsp3) is 0.333. The van der Waals surface area contributed by atoms with Crippen LogP contribution in [0.3, 0.4) is 0 Å². The molecule has 0 aliphatic heterocycles. The van der Waals surface area contributed by atoms with Crippen molar-refractivity contribution in [1.29, 1.82) is 0 Å². The Labute approximate surface area is 124 Å². The first-order chi connectivity index (χ1) is 10.1. The number of hydrogen-bond acceptors (Lipinski definition) is 4. The van der Waals surface area contributed by atoms with E-state index in [0.717, 1.165) is 22.8 Å². The maximum absolute atomic E-state index is 11.5. The average Bonchev–Trinajstić information content (AvgIpc) is 2.78. The minimum Gasteiger partial charge on any atom is -0.481 e. The first-order valence-electron chi connectivity index (χ1n) is 6.69. The lowest BCUT2D eigenvalue weighted by Gasteiger charge is -2.09. The van der Waals surface area contributed by atoms with Crippen molar-refractivity contribution in [2.45, 2.75) is 13.5 Å². The monoisotopic (exact) mass is 288 g/mol. The highest BCUT2D eigenvalue weighted by Gasteiger charge is 2.13. The van der Waals surface area contributed by atoms with Crippen molar-refractivity contribution in [2.24, 2.45) is 7.05 Å². The molecule has 2 aromatic rings. The summed E-state index contributed by atoms with van der Waals surface area (Å²) in [5.41, 5.74) is 3.53. The summed E-state index contributed by atoms with van der Waals surface area (Å²) in [5.74, 6) is 0.660. The van der Waals surface area contributed by atoms with E-state index in [-0.39, 0.29) is 5.91 Å². The van der Waals surface area contributed by atoms with Crippen molar-refractivity contribution in [1.82, 2.24) is 15.1 Å². The number of aromatic nitrogens is 2. The summed E-state index contributed by atoms with van der Waals surface area (Å²) in [7, 11) is 5.11. The lowest BCUT2D eigenvalue weighted by molar-refractivity contribution is 0.0963. The van der Waals surface area contributed by atoms with E-state index in [9.17, 15) is 4.79 Å². The highest BCUT2D eigenvalue weighted by Crippen LogP contribution is 2.22. The van der Waals surface area contributed by atoms with Crippen LogP contribution < -0.4 is 15.4 Å². The van der Waals surface area contributed by atoms with Crippen LogP contribution in [-0.4, -0.2) is 29.8 Å². The second kappa shape index (κ2) is 6.30. The molecule has 1 aromatic carbocycles. The van der Waals surface area contributed by atoms with Crippen LogP contribution in [-0.2, 0) is 13.6 Å². The Morgan fingerprint density at radius 3 is 2.57 bits per heavy atom. The van der Waals surface area contributed by atoms with Gasteiger partial charge in [-0.05, 0) is 31.2 Å². The number of aryl methyl sites for hydroxylation is 2. The van der Waals surface area contributed by atoms with E-state index < -0.39 is 0 Å². The molecular formula is C15H20N4O2. The van der Waals surface area contributed by atoms with Crippen LogP contribution in [0.1, 0.15) is 21.6 Å². The number of hydrogen-bond donors (Lipinski definition) is 2. The Morgan fingerprint density at radius 1 is 1.33 bits per heavy atom. The van der Waals surface area contributed by atoms with E-state index in [1.165, 1.54) is 0 Å². The molecule has 1 amide bonds. The molecule has 0 radical (unpaired) electrons. The van der Waals surface area contributed by atoms with Crippen molar-refractivity contribution in [3.63, 3.8) is 0 Å². The number of rotatable bonds is 5. The maximum atomic E-state index is 11.5. The zero-order valence-corrected chi connectivity index (χ0v) is 12.7. The van der Waals surface area contributed by atoms with Gasteiger partial charge in [-0.3, -0.25) is 4.79 Å². The van der Waals surface area contributed by atoms with Crippen molar-refractivity contribution in [3.8, 4) is 5.88 Å². The third-order valence-electron chi connectivity index (χ3n) is 3.33. The molecule has 0 spiro atoms. The van der Waals surface area contributed by atoms with E-state index in [1.54, 1.807) is 31.0 Å². The molecule has 2 N–H and O–H groups in total. The summed E-state index contributed by atoms with van der Waals surface area (Å²) < 4.78 is 7.08. The van der Waals surface area contributed by atoms with Crippen LogP contribution in [0.2, 0.25) is 0 Å². The molecule has 1 aromatic heterocycles. The Hall–Kier alpha value is -2.50. The fourth-order valence-corrected chi connectivity index (χ4v) is 2.21. The average molecular weight is 288 g/mol. The Morgan fingerprint density at radius 2 is 2.00 bits per heavy atom. The van der Waals surface area contributed by atoms with Crippen molar-refractivity contribution < 1.29 is 9.53 Å². The van der Waals surface area contributed by atoms with Gasteiger partial charge in [-0.1, -0.05) is 0 Å². The van der Waals surface area contributed by atoms with E-state index >= 15 is 0 Å². The second-order valence-electron chi connectivity index (χ2n) is 4.71. The maximum Gasteiger partial charge on any atom is 0.251 e. The molecule has 0 saturated heterocycles. The summed E-state index contributed by atoms with van der Waals surface area (Å²) in [6.45, 7) is 2.57. The van der Waals surface area contributed by atoms with Gasteiger partial charge in [0, 0.05) is 31.9 Å². The number of carbonyl (C=O) groups excluding carboxylic acids is 1. The second-order valence-corrected chi connectivity index (χ2v) is 4.71. The van der Waals surface area contributed by atoms with E-state index in [0.29, 0.717) is 12.1 Å². The lowest BCUT2D eigenvalue weighted by atomic mass is 10.2. The lowest BCUT2D eigenvalue weighted by Crippen LogP contribution is -2.17. The number of anilines is 1. The molecule has 2 rings (SSSR count). The molecular weight excluding hydrogens is 268 g/mol. The molecule has 6 nitrogen and oxygen atoms in total. The van der Waals surface area contributed by atoms with Gasteiger partial charge < -0.3 is 15.4 Å².